The van der Waals surface area contributed by atoms with Crippen LogP contribution in [0.4, 0.5) is 10.6 Å². The molecule has 0 bridgehead atoms. The number of amides is 3. The van der Waals surface area contributed by atoms with E-state index in [9.17, 15) is 14.4 Å². The number of pyridine rings is 1. The molecule has 3 rings (SSSR count). The van der Waals surface area contributed by atoms with Crippen molar-refractivity contribution in [2.75, 3.05) is 5.32 Å². The Morgan fingerprint density at radius 3 is 2.41 bits per heavy atom. The maximum absolute atomic E-state index is 12.5. The summed E-state index contributed by atoms with van der Waals surface area (Å²) >= 11 is 5.78. The second-order valence-corrected chi connectivity index (χ2v) is 8.96. The molecule has 0 radical (unpaired) electrons. The average molecular weight is 464 g/mol. The number of hydrogen-bond donors (Lipinski definition) is 3. The highest BCUT2D eigenvalue weighted by atomic mass is 35.5. The molecule has 0 aromatic carbocycles. The van der Waals surface area contributed by atoms with Gasteiger partial charge < -0.3 is 25.3 Å². The van der Waals surface area contributed by atoms with Gasteiger partial charge in [-0.3, -0.25) is 9.59 Å². The Balaban J connectivity index is 1.66. The van der Waals surface area contributed by atoms with Gasteiger partial charge in [-0.15, -0.1) is 10.2 Å². The molecule has 0 saturated heterocycles. The molecule has 172 valence electrons. The number of rotatable bonds is 4. The van der Waals surface area contributed by atoms with E-state index in [1.54, 1.807) is 39.5 Å². The molecule has 2 heterocycles. The van der Waals surface area contributed by atoms with Gasteiger partial charge >= 0.3 is 17.9 Å². The van der Waals surface area contributed by atoms with Crippen LogP contribution in [0.2, 0.25) is 5.02 Å². The monoisotopic (exact) mass is 463 g/mol. The van der Waals surface area contributed by atoms with E-state index in [0.29, 0.717) is 24.3 Å². The van der Waals surface area contributed by atoms with Crippen molar-refractivity contribution >= 4 is 35.3 Å². The topological polar surface area (TPSA) is 140 Å². The van der Waals surface area contributed by atoms with Crippen LogP contribution in [0.3, 0.4) is 0 Å². The van der Waals surface area contributed by atoms with Crippen molar-refractivity contribution in [3.05, 3.63) is 36.0 Å². The predicted molar refractivity (Wildman–Crippen MR) is 116 cm³/mol. The number of ether oxygens (including phenoxy) is 1. The van der Waals surface area contributed by atoms with E-state index in [1.165, 1.54) is 12.3 Å². The summed E-state index contributed by atoms with van der Waals surface area (Å²) in [4.78, 5) is 41.1. The van der Waals surface area contributed by atoms with Crippen LogP contribution in [0.15, 0.2) is 31.0 Å². The number of carbonyl (C=O) groups excluding carboxylic acids is 3. The Morgan fingerprint density at radius 2 is 1.78 bits per heavy atom. The first-order valence-corrected chi connectivity index (χ1v) is 10.6. The Bertz CT molecular complexity index is 944. The third-order valence-electron chi connectivity index (χ3n) is 4.87. The molecular formula is C20H26ClN7O4. The molecule has 2 aromatic heterocycles. The molecule has 2 aromatic rings. The van der Waals surface area contributed by atoms with Gasteiger partial charge in [-0.1, -0.05) is 11.6 Å². The zero-order chi connectivity index (χ0) is 23.3. The highest BCUT2D eigenvalue weighted by Gasteiger charge is 2.35. The molecule has 11 nitrogen and oxygen atoms in total. The van der Waals surface area contributed by atoms with Crippen LogP contribution in [0.1, 0.15) is 46.1 Å². The SMILES string of the molecule is CC(C)(C)OC(=O)N[C@@H]1C[C@@H](n2cnnc2)CC[C@@H]1NC(=O)C(=O)Nc1ccc(Cl)cn1. The predicted octanol–water partition coefficient (Wildman–Crippen LogP) is 2.07. The Hall–Kier alpha value is -3.21. The van der Waals surface area contributed by atoms with Crippen molar-refractivity contribution in [3.8, 4) is 0 Å². The summed E-state index contributed by atoms with van der Waals surface area (Å²) in [5.74, 6) is -1.49. The van der Waals surface area contributed by atoms with Gasteiger partial charge in [0.1, 0.15) is 24.1 Å². The fourth-order valence-corrected chi connectivity index (χ4v) is 3.58. The van der Waals surface area contributed by atoms with Crippen LogP contribution < -0.4 is 16.0 Å². The van der Waals surface area contributed by atoms with Crippen LogP contribution in [0.5, 0.6) is 0 Å². The van der Waals surface area contributed by atoms with Crippen molar-refractivity contribution in [1.29, 1.82) is 0 Å². The summed E-state index contributed by atoms with van der Waals surface area (Å²) in [6, 6.07) is 2.15. The minimum absolute atomic E-state index is 0.0326. The third kappa shape index (κ3) is 6.64. The fraction of sp³-hybridized carbons (Fsp3) is 0.500. The lowest BCUT2D eigenvalue weighted by molar-refractivity contribution is -0.136. The zero-order valence-corrected chi connectivity index (χ0v) is 18.8. The maximum atomic E-state index is 12.5. The van der Waals surface area contributed by atoms with Gasteiger partial charge in [-0.05, 0) is 52.2 Å². The van der Waals surface area contributed by atoms with Crippen molar-refractivity contribution in [2.24, 2.45) is 0 Å². The lowest BCUT2D eigenvalue weighted by Crippen LogP contribution is -2.56. The largest absolute Gasteiger partial charge is 0.444 e. The molecule has 1 aliphatic carbocycles. The molecule has 1 aliphatic rings. The van der Waals surface area contributed by atoms with Crippen molar-refractivity contribution in [3.63, 3.8) is 0 Å². The summed E-state index contributed by atoms with van der Waals surface area (Å²) in [5.41, 5.74) is -0.670. The third-order valence-corrected chi connectivity index (χ3v) is 5.10. The fourth-order valence-electron chi connectivity index (χ4n) is 3.46. The quantitative estimate of drug-likeness (QED) is 0.589. The van der Waals surface area contributed by atoms with E-state index in [0.717, 1.165) is 0 Å². The molecule has 0 aliphatic heterocycles. The van der Waals surface area contributed by atoms with E-state index in [1.807, 2.05) is 4.57 Å². The average Bonchev–Trinajstić information content (AvgIpc) is 3.24. The molecular weight excluding hydrogens is 438 g/mol. The smallest absolute Gasteiger partial charge is 0.407 e. The van der Waals surface area contributed by atoms with Gasteiger partial charge in [0.25, 0.3) is 0 Å². The second kappa shape index (κ2) is 9.94. The van der Waals surface area contributed by atoms with Gasteiger partial charge in [0.15, 0.2) is 0 Å². The lowest BCUT2D eigenvalue weighted by Gasteiger charge is -2.37. The van der Waals surface area contributed by atoms with Gasteiger partial charge in [-0.25, -0.2) is 9.78 Å². The molecule has 1 fully saturated rings. The number of hydrogen-bond acceptors (Lipinski definition) is 7. The van der Waals surface area contributed by atoms with Crippen molar-refractivity contribution < 1.29 is 19.1 Å². The van der Waals surface area contributed by atoms with Crippen molar-refractivity contribution in [1.82, 2.24) is 30.4 Å². The van der Waals surface area contributed by atoms with E-state index in [4.69, 9.17) is 16.3 Å². The summed E-state index contributed by atoms with van der Waals surface area (Å²) in [5, 5.41) is 16.0. The highest BCUT2D eigenvalue weighted by molar-refractivity contribution is 6.39. The van der Waals surface area contributed by atoms with Crippen LogP contribution in [-0.4, -0.2) is 55.3 Å². The summed E-state index contributed by atoms with van der Waals surface area (Å²) in [7, 11) is 0. The number of anilines is 1. The standard InChI is InChI=1S/C20H26ClN7O4/c1-20(2,3)32-19(31)26-15-8-13(28-10-23-24-11-28)5-6-14(15)25-17(29)18(30)27-16-7-4-12(21)9-22-16/h4,7,9-11,13-15H,5-6,8H2,1-3H3,(H,25,29)(H,26,31)(H,22,27,30)/t13-,14-,15+/m0/s1. The molecule has 1 saturated carbocycles. The molecule has 0 spiro atoms. The molecule has 3 atom stereocenters. The number of nitrogens with zero attached hydrogens (tertiary/aromatic N) is 4. The van der Waals surface area contributed by atoms with Gasteiger partial charge in [0.2, 0.25) is 0 Å². The van der Waals surface area contributed by atoms with Crippen LogP contribution in [0.25, 0.3) is 0 Å². The Morgan fingerprint density at radius 1 is 1.06 bits per heavy atom. The van der Waals surface area contributed by atoms with E-state index >= 15 is 0 Å². The van der Waals surface area contributed by atoms with Gasteiger partial charge in [-0.2, -0.15) is 0 Å². The minimum Gasteiger partial charge on any atom is -0.444 e. The Kier molecular flexibility index (Phi) is 7.29. The molecule has 0 unspecified atom stereocenters. The van der Waals surface area contributed by atoms with Crippen molar-refractivity contribution in [2.45, 2.75) is 63.8 Å². The van der Waals surface area contributed by atoms with E-state index in [-0.39, 0.29) is 11.9 Å². The van der Waals surface area contributed by atoms with Crippen LogP contribution in [-0.2, 0) is 14.3 Å². The maximum Gasteiger partial charge on any atom is 0.407 e. The van der Waals surface area contributed by atoms with Crippen LogP contribution in [0, 0.1) is 0 Å². The number of halogens is 1. The highest BCUT2D eigenvalue weighted by Crippen LogP contribution is 2.29. The molecule has 12 heteroatoms. The second-order valence-electron chi connectivity index (χ2n) is 8.52. The normalized spacial score (nSPS) is 20.8. The minimum atomic E-state index is -0.864. The van der Waals surface area contributed by atoms with Crippen LogP contribution >= 0.6 is 11.6 Å². The first-order valence-electron chi connectivity index (χ1n) is 10.2. The lowest BCUT2D eigenvalue weighted by atomic mass is 9.86. The molecule has 32 heavy (non-hydrogen) atoms. The number of nitrogens with one attached hydrogen (secondary N) is 3. The first kappa shape index (κ1) is 23.5. The number of carbonyl (C=O) groups is 3. The van der Waals surface area contributed by atoms with E-state index in [2.05, 4.69) is 31.1 Å². The number of aromatic nitrogens is 4. The molecule has 3 N–H and O–H groups in total. The van der Waals surface area contributed by atoms with Gasteiger partial charge in [0, 0.05) is 18.3 Å². The summed E-state index contributed by atoms with van der Waals surface area (Å²) in [6.07, 6.45) is 5.73. The first-order chi connectivity index (χ1) is 15.1. The number of alkyl carbamates (subject to hydrolysis) is 1. The van der Waals surface area contributed by atoms with E-state index < -0.39 is 35.6 Å². The Labute approximate surface area is 190 Å². The summed E-state index contributed by atoms with van der Waals surface area (Å²) < 4.78 is 7.23. The zero-order valence-electron chi connectivity index (χ0n) is 18.0. The molecule has 3 amide bonds. The van der Waals surface area contributed by atoms with Gasteiger partial charge in [0.05, 0.1) is 11.1 Å². The summed E-state index contributed by atoms with van der Waals surface area (Å²) in [6.45, 7) is 5.30.